The van der Waals surface area contributed by atoms with E-state index in [1.54, 1.807) is 0 Å². The van der Waals surface area contributed by atoms with Gasteiger partial charge >= 0.3 is 0 Å². The zero-order valence-electron chi connectivity index (χ0n) is 11.3. The second-order valence-electron chi connectivity index (χ2n) is 4.61. The molecule has 1 aromatic carbocycles. The molecule has 0 radical (unpaired) electrons. The van der Waals surface area contributed by atoms with Crippen LogP contribution in [-0.2, 0) is 13.1 Å². The van der Waals surface area contributed by atoms with Crippen molar-refractivity contribution in [1.29, 1.82) is 0 Å². The highest BCUT2D eigenvalue weighted by molar-refractivity contribution is 5.22. The molecule has 2 heteroatoms. The second kappa shape index (κ2) is 7.25. The maximum Gasteiger partial charge on any atom is 0.0237 e. The molecule has 0 heterocycles. The van der Waals surface area contributed by atoms with Crippen LogP contribution in [0.4, 0.5) is 0 Å². The Hall–Kier alpha value is -1.12. The number of nitrogens with one attached hydrogen (secondary N) is 1. The van der Waals surface area contributed by atoms with Gasteiger partial charge in [-0.2, -0.15) is 0 Å². The average Bonchev–Trinajstić information content (AvgIpc) is 2.30. The Bertz CT molecular complexity index is 340. The topological polar surface area (TPSA) is 15.3 Å². The van der Waals surface area contributed by atoms with E-state index in [-0.39, 0.29) is 0 Å². The second-order valence-corrected chi connectivity index (χ2v) is 4.61. The first kappa shape index (κ1) is 13.9. The van der Waals surface area contributed by atoms with Gasteiger partial charge in [-0.05, 0) is 31.6 Å². The molecule has 0 unspecified atom stereocenters. The fourth-order valence-corrected chi connectivity index (χ4v) is 1.89. The first-order chi connectivity index (χ1) is 8.15. The number of hydrogen-bond donors (Lipinski definition) is 1. The van der Waals surface area contributed by atoms with E-state index in [9.17, 15) is 0 Å². The highest BCUT2D eigenvalue weighted by Crippen LogP contribution is 2.08. The molecule has 0 atom stereocenters. The number of nitrogens with zero attached hydrogens (tertiary/aromatic N) is 1. The smallest absolute Gasteiger partial charge is 0.0237 e. The number of benzene rings is 1. The highest BCUT2D eigenvalue weighted by Gasteiger charge is 2.03. The van der Waals surface area contributed by atoms with Gasteiger partial charge in [-0.25, -0.2) is 0 Å². The lowest BCUT2D eigenvalue weighted by atomic mass is 10.1. The maximum atomic E-state index is 3.97. The molecule has 1 rings (SSSR count). The molecular weight excluding hydrogens is 208 g/mol. The predicted octanol–water partition coefficient (Wildman–Crippen LogP) is 2.80. The molecule has 1 aromatic rings. The Labute approximate surface area is 105 Å². The van der Waals surface area contributed by atoms with Gasteiger partial charge in [0.05, 0.1) is 0 Å². The molecule has 0 aromatic heterocycles. The van der Waals surface area contributed by atoms with Crippen molar-refractivity contribution in [2.24, 2.45) is 0 Å². The monoisotopic (exact) mass is 232 g/mol. The van der Waals surface area contributed by atoms with Crippen LogP contribution < -0.4 is 5.32 Å². The van der Waals surface area contributed by atoms with Gasteiger partial charge in [-0.15, -0.1) is 0 Å². The Morgan fingerprint density at radius 2 is 1.82 bits per heavy atom. The van der Waals surface area contributed by atoms with Gasteiger partial charge in [-0.3, -0.25) is 4.90 Å². The molecule has 0 saturated heterocycles. The van der Waals surface area contributed by atoms with E-state index in [4.69, 9.17) is 0 Å². The quantitative estimate of drug-likeness (QED) is 0.727. The SMILES string of the molecule is C=C(C)CN(CC)Cc1ccc(CNC)cc1. The molecule has 1 N–H and O–H groups in total. The summed E-state index contributed by atoms with van der Waals surface area (Å²) in [5, 5.41) is 3.16. The highest BCUT2D eigenvalue weighted by atomic mass is 15.1. The van der Waals surface area contributed by atoms with Crippen molar-refractivity contribution < 1.29 is 0 Å². The van der Waals surface area contributed by atoms with Gasteiger partial charge in [-0.1, -0.05) is 43.3 Å². The molecule has 17 heavy (non-hydrogen) atoms. The molecule has 0 aliphatic carbocycles. The van der Waals surface area contributed by atoms with E-state index in [1.165, 1.54) is 16.7 Å². The molecule has 0 fully saturated rings. The zero-order chi connectivity index (χ0) is 12.7. The van der Waals surface area contributed by atoms with E-state index in [0.717, 1.165) is 26.2 Å². The fourth-order valence-electron chi connectivity index (χ4n) is 1.89. The summed E-state index contributed by atoms with van der Waals surface area (Å²) >= 11 is 0. The first-order valence-corrected chi connectivity index (χ1v) is 6.24. The van der Waals surface area contributed by atoms with Gasteiger partial charge in [0.25, 0.3) is 0 Å². The Balaban J connectivity index is 2.57. The fraction of sp³-hybridized carbons (Fsp3) is 0.467. The van der Waals surface area contributed by atoms with Crippen LogP contribution in [0.1, 0.15) is 25.0 Å². The van der Waals surface area contributed by atoms with Crippen LogP contribution in [0.2, 0.25) is 0 Å². The number of rotatable bonds is 7. The van der Waals surface area contributed by atoms with Crippen molar-refractivity contribution in [2.45, 2.75) is 26.9 Å². The van der Waals surface area contributed by atoms with Gasteiger partial charge in [0, 0.05) is 19.6 Å². The molecule has 2 nitrogen and oxygen atoms in total. The minimum Gasteiger partial charge on any atom is -0.316 e. The standard InChI is InChI=1S/C15H24N2/c1-5-17(11-13(2)3)12-15-8-6-14(7-9-15)10-16-4/h6-9,16H,2,5,10-12H2,1,3-4H3. The lowest BCUT2D eigenvalue weighted by Crippen LogP contribution is -2.24. The van der Waals surface area contributed by atoms with E-state index < -0.39 is 0 Å². The number of likely N-dealkylation sites (N-methyl/N-ethyl adjacent to an activating group) is 1. The van der Waals surface area contributed by atoms with Crippen molar-refractivity contribution in [3.8, 4) is 0 Å². The van der Waals surface area contributed by atoms with Crippen LogP contribution in [0.3, 0.4) is 0 Å². The molecule has 0 bridgehead atoms. The lowest BCUT2D eigenvalue weighted by Gasteiger charge is -2.20. The van der Waals surface area contributed by atoms with Crippen molar-refractivity contribution in [2.75, 3.05) is 20.1 Å². The van der Waals surface area contributed by atoms with Gasteiger partial charge in [0.1, 0.15) is 0 Å². The molecule has 0 amide bonds. The van der Waals surface area contributed by atoms with Crippen molar-refractivity contribution in [1.82, 2.24) is 10.2 Å². The molecule has 0 aliphatic rings. The molecule has 0 aliphatic heterocycles. The van der Waals surface area contributed by atoms with Crippen LogP contribution in [0.25, 0.3) is 0 Å². The molecule has 94 valence electrons. The van der Waals surface area contributed by atoms with Crippen molar-refractivity contribution >= 4 is 0 Å². The molecule has 0 saturated carbocycles. The van der Waals surface area contributed by atoms with Crippen LogP contribution in [0, 0.1) is 0 Å². The summed E-state index contributed by atoms with van der Waals surface area (Å²) in [5.74, 6) is 0. The third-order valence-corrected chi connectivity index (χ3v) is 2.75. The molecule has 0 spiro atoms. The minimum atomic E-state index is 0.934. The van der Waals surface area contributed by atoms with Gasteiger partial charge < -0.3 is 5.32 Å². The summed E-state index contributed by atoms with van der Waals surface area (Å²) in [5.41, 5.74) is 3.92. The minimum absolute atomic E-state index is 0.934. The summed E-state index contributed by atoms with van der Waals surface area (Å²) < 4.78 is 0. The van der Waals surface area contributed by atoms with E-state index >= 15 is 0 Å². The van der Waals surface area contributed by atoms with Crippen molar-refractivity contribution in [3.63, 3.8) is 0 Å². The summed E-state index contributed by atoms with van der Waals surface area (Å²) in [6.45, 7) is 12.2. The molecular formula is C15H24N2. The van der Waals surface area contributed by atoms with Crippen LogP contribution in [0.15, 0.2) is 36.4 Å². The summed E-state index contributed by atoms with van der Waals surface area (Å²) in [4.78, 5) is 2.40. The Morgan fingerprint density at radius 3 is 2.29 bits per heavy atom. The first-order valence-electron chi connectivity index (χ1n) is 6.24. The van der Waals surface area contributed by atoms with Crippen molar-refractivity contribution in [3.05, 3.63) is 47.5 Å². The van der Waals surface area contributed by atoms with Gasteiger partial charge in [0.15, 0.2) is 0 Å². The predicted molar refractivity (Wildman–Crippen MR) is 75.0 cm³/mol. The van der Waals surface area contributed by atoms with Crippen LogP contribution >= 0.6 is 0 Å². The van der Waals surface area contributed by atoms with E-state index in [2.05, 4.69) is 54.9 Å². The third kappa shape index (κ3) is 5.16. The van der Waals surface area contributed by atoms with Gasteiger partial charge in [0.2, 0.25) is 0 Å². The lowest BCUT2D eigenvalue weighted by molar-refractivity contribution is 0.304. The Kier molecular flexibility index (Phi) is 5.95. The van der Waals surface area contributed by atoms with E-state index in [1.807, 2.05) is 7.05 Å². The maximum absolute atomic E-state index is 3.97. The van der Waals surface area contributed by atoms with Crippen LogP contribution in [-0.4, -0.2) is 25.0 Å². The largest absolute Gasteiger partial charge is 0.316 e. The summed E-state index contributed by atoms with van der Waals surface area (Å²) in [6.07, 6.45) is 0. The normalized spacial score (nSPS) is 10.8. The van der Waals surface area contributed by atoms with Crippen LogP contribution in [0.5, 0.6) is 0 Å². The van der Waals surface area contributed by atoms with E-state index in [0.29, 0.717) is 0 Å². The summed E-state index contributed by atoms with van der Waals surface area (Å²) in [6, 6.07) is 8.82. The zero-order valence-corrected chi connectivity index (χ0v) is 11.3. The Morgan fingerprint density at radius 1 is 1.24 bits per heavy atom. The third-order valence-electron chi connectivity index (χ3n) is 2.75. The summed E-state index contributed by atoms with van der Waals surface area (Å²) in [7, 11) is 1.97. The average molecular weight is 232 g/mol. The number of hydrogen-bond acceptors (Lipinski definition) is 2.